The van der Waals surface area contributed by atoms with Crippen LogP contribution < -0.4 is 9.70 Å². The Morgan fingerprint density at radius 3 is 2.62 bits per heavy atom. The summed E-state index contributed by atoms with van der Waals surface area (Å²) in [7, 11) is 0. The molecule has 2 aromatic rings. The highest BCUT2D eigenvalue weighted by Crippen LogP contribution is 2.19. The molecule has 0 atom stereocenters. The first-order chi connectivity index (χ1) is 10.1. The van der Waals surface area contributed by atoms with Gasteiger partial charge < -0.3 is 4.90 Å². The molecule has 1 aromatic heterocycles. The SMILES string of the molecule is N=c1sc(N2CCCC2)nn1CC(=O)c1ccc(Cl)cc1. The van der Waals surface area contributed by atoms with Crippen LogP contribution in [0.25, 0.3) is 0 Å². The number of ketones is 1. The average Bonchev–Trinajstić information content (AvgIpc) is 3.10. The normalized spacial score (nSPS) is 14.6. The van der Waals surface area contributed by atoms with E-state index in [9.17, 15) is 4.79 Å². The molecule has 0 saturated carbocycles. The molecule has 1 aromatic carbocycles. The minimum atomic E-state index is -0.0663. The smallest absolute Gasteiger partial charge is 0.207 e. The van der Waals surface area contributed by atoms with E-state index in [4.69, 9.17) is 17.0 Å². The van der Waals surface area contributed by atoms with Crippen LogP contribution in [-0.2, 0) is 6.54 Å². The van der Waals surface area contributed by atoms with Gasteiger partial charge in [0.05, 0.1) is 0 Å². The largest absolute Gasteiger partial charge is 0.347 e. The van der Waals surface area contributed by atoms with Gasteiger partial charge in [-0.05, 0) is 37.1 Å². The van der Waals surface area contributed by atoms with Crippen molar-refractivity contribution in [2.45, 2.75) is 19.4 Å². The van der Waals surface area contributed by atoms with Gasteiger partial charge in [-0.25, -0.2) is 4.68 Å². The predicted octanol–water partition coefficient (Wildman–Crippen LogP) is 2.56. The molecule has 1 saturated heterocycles. The number of rotatable bonds is 4. The molecule has 3 rings (SSSR count). The van der Waals surface area contributed by atoms with E-state index in [1.165, 1.54) is 16.0 Å². The van der Waals surface area contributed by atoms with E-state index in [0.717, 1.165) is 31.1 Å². The summed E-state index contributed by atoms with van der Waals surface area (Å²) in [6.07, 6.45) is 2.33. The molecule has 0 aliphatic carbocycles. The molecule has 1 fully saturated rings. The Balaban J connectivity index is 1.76. The van der Waals surface area contributed by atoms with Crippen molar-refractivity contribution >= 4 is 33.9 Å². The molecular formula is C14H15ClN4OS. The quantitative estimate of drug-likeness (QED) is 0.880. The van der Waals surface area contributed by atoms with Crippen LogP contribution in [0.2, 0.25) is 5.02 Å². The zero-order valence-corrected chi connectivity index (χ0v) is 13.0. The molecule has 21 heavy (non-hydrogen) atoms. The van der Waals surface area contributed by atoms with E-state index >= 15 is 0 Å². The summed E-state index contributed by atoms with van der Waals surface area (Å²) in [5.41, 5.74) is 0.585. The number of nitrogens with zero attached hydrogens (tertiary/aromatic N) is 3. The summed E-state index contributed by atoms with van der Waals surface area (Å²) >= 11 is 7.14. The first kappa shape index (κ1) is 14.3. The number of hydrogen-bond acceptors (Lipinski definition) is 5. The fraction of sp³-hybridized carbons (Fsp3) is 0.357. The predicted molar refractivity (Wildman–Crippen MR) is 83.2 cm³/mol. The fourth-order valence-corrected chi connectivity index (χ4v) is 3.28. The van der Waals surface area contributed by atoms with Crippen molar-refractivity contribution in [3.8, 4) is 0 Å². The second-order valence-corrected chi connectivity index (χ2v) is 6.36. The Hall–Kier alpha value is -1.66. The number of carbonyl (C=O) groups excluding carboxylic acids is 1. The van der Waals surface area contributed by atoms with Gasteiger partial charge in [0, 0.05) is 23.7 Å². The monoisotopic (exact) mass is 322 g/mol. The molecule has 0 spiro atoms. The van der Waals surface area contributed by atoms with E-state index in [1.807, 2.05) is 0 Å². The van der Waals surface area contributed by atoms with Crippen molar-refractivity contribution in [2.75, 3.05) is 18.0 Å². The van der Waals surface area contributed by atoms with E-state index in [-0.39, 0.29) is 12.3 Å². The lowest BCUT2D eigenvalue weighted by Crippen LogP contribution is -2.22. The summed E-state index contributed by atoms with van der Waals surface area (Å²) < 4.78 is 1.47. The summed E-state index contributed by atoms with van der Waals surface area (Å²) in [4.78, 5) is 14.7. The number of nitrogens with one attached hydrogen (secondary N) is 1. The molecule has 1 N–H and O–H groups in total. The van der Waals surface area contributed by atoms with Gasteiger partial charge in [-0.3, -0.25) is 10.2 Å². The molecule has 110 valence electrons. The van der Waals surface area contributed by atoms with Gasteiger partial charge in [0.15, 0.2) is 5.78 Å². The molecule has 2 heterocycles. The number of hydrogen-bond donors (Lipinski definition) is 1. The lowest BCUT2D eigenvalue weighted by Gasteiger charge is -2.11. The minimum absolute atomic E-state index is 0.0663. The number of Topliss-reactive ketones (excluding diaryl/α,β-unsaturated/α-hetero) is 1. The third kappa shape index (κ3) is 3.16. The van der Waals surface area contributed by atoms with E-state index in [2.05, 4.69) is 10.00 Å². The van der Waals surface area contributed by atoms with Gasteiger partial charge >= 0.3 is 0 Å². The van der Waals surface area contributed by atoms with Gasteiger partial charge in [0.2, 0.25) is 9.93 Å². The van der Waals surface area contributed by atoms with Crippen molar-refractivity contribution in [2.24, 2.45) is 0 Å². The first-order valence-electron chi connectivity index (χ1n) is 6.80. The standard InChI is InChI=1S/C14H15ClN4OS/c15-11-5-3-10(4-6-11)12(20)9-19-13(16)21-14(17-19)18-7-1-2-8-18/h3-6,16H,1-2,7-9H2. The lowest BCUT2D eigenvalue weighted by atomic mass is 10.1. The van der Waals surface area contributed by atoms with Crippen molar-refractivity contribution < 1.29 is 4.79 Å². The van der Waals surface area contributed by atoms with Crippen LogP contribution in [0.1, 0.15) is 23.2 Å². The summed E-state index contributed by atoms with van der Waals surface area (Å²) in [6.45, 7) is 2.06. The maximum Gasteiger partial charge on any atom is 0.207 e. The van der Waals surface area contributed by atoms with E-state index in [1.54, 1.807) is 24.3 Å². The fourth-order valence-electron chi connectivity index (χ4n) is 2.31. The highest BCUT2D eigenvalue weighted by Gasteiger charge is 2.17. The van der Waals surface area contributed by atoms with E-state index < -0.39 is 0 Å². The number of carbonyl (C=O) groups is 1. The Labute approximate surface area is 131 Å². The van der Waals surface area contributed by atoms with Gasteiger partial charge in [-0.1, -0.05) is 22.9 Å². The number of anilines is 1. The zero-order chi connectivity index (χ0) is 14.8. The molecule has 0 bridgehead atoms. The van der Waals surface area contributed by atoms with E-state index in [0.29, 0.717) is 15.4 Å². The molecule has 0 radical (unpaired) electrons. The van der Waals surface area contributed by atoms with Crippen molar-refractivity contribution in [3.05, 3.63) is 39.7 Å². The molecule has 0 unspecified atom stereocenters. The molecule has 7 heteroatoms. The topological polar surface area (TPSA) is 62.0 Å². The van der Waals surface area contributed by atoms with Crippen LogP contribution in [0.5, 0.6) is 0 Å². The Bertz CT molecular complexity index is 701. The molecule has 1 aliphatic rings. The average molecular weight is 323 g/mol. The zero-order valence-electron chi connectivity index (χ0n) is 11.4. The van der Waals surface area contributed by atoms with Gasteiger partial charge in [-0.2, -0.15) is 0 Å². The summed E-state index contributed by atoms with van der Waals surface area (Å²) in [6, 6.07) is 6.78. The van der Waals surface area contributed by atoms with Crippen LogP contribution in [0.15, 0.2) is 24.3 Å². The Morgan fingerprint density at radius 1 is 1.29 bits per heavy atom. The van der Waals surface area contributed by atoms with Crippen molar-refractivity contribution in [3.63, 3.8) is 0 Å². The Morgan fingerprint density at radius 2 is 1.95 bits per heavy atom. The minimum Gasteiger partial charge on any atom is -0.347 e. The van der Waals surface area contributed by atoms with Crippen LogP contribution in [0, 0.1) is 5.41 Å². The van der Waals surface area contributed by atoms with Crippen molar-refractivity contribution in [1.82, 2.24) is 9.78 Å². The number of benzene rings is 1. The van der Waals surface area contributed by atoms with Crippen LogP contribution in [-0.4, -0.2) is 28.7 Å². The molecule has 0 amide bonds. The maximum atomic E-state index is 12.2. The summed E-state index contributed by atoms with van der Waals surface area (Å²) in [5, 5.41) is 13.8. The molecule has 1 aliphatic heterocycles. The van der Waals surface area contributed by atoms with Crippen LogP contribution in [0.4, 0.5) is 5.13 Å². The second-order valence-electron chi connectivity index (χ2n) is 4.97. The molecule has 5 nitrogen and oxygen atoms in total. The third-order valence-electron chi connectivity index (χ3n) is 3.46. The highest BCUT2D eigenvalue weighted by molar-refractivity contribution is 7.12. The van der Waals surface area contributed by atoms with Crippen molar-refractivity contribution in [1.29, 1.82) is 5.41 Å². The second kappa shape index (κ2) is 5.99. The van der Waals surface area contributed by atoms with Gasteiger partial charge in [0.1, 0.15) is 6.54 Å². The number of halogens is 1. The highest BCUT2D eigenvalue weighted by atomic mass is 35.5. The van der Waals surface area contributed by atoms with Crippen LogP contribution >= 0.6 is 22.9 Å². The van der Waals surface area contributed by atoms with Crippen LogP contribution in [0.3, 0.4) is 0 Å². The first-order valence-corrected chi connectivity index (χ1v) is 7.99. The number of aromatic nitrogens is 2. The molecular weight excluding hydrogens is 308 g/mol. The lowest BCUT2D eigenvalue weighted by molar-refractivity contribution is 0.0966. The van der Waals surface area contributed by atoms with Gasteiger partial charge in [-0.15, -0.1) is 5.10 Å². The maximum absolute atomic E-state index is 12.2. The Kier molecular flexibility index (Phi) is 4.07. The van der Waals surface area contributed by atoms with Gasteiger partial charge in [0.25, 0.3) is 0 Å². The summed E-state index contributed by atoms with van der Waals surface area (Å²) in [5.74, 6) is -0.0663. The third-order valence-corrected chi connectivity index (χ3v) is 4.64.